The molecule has 0 bridgehead atoms. The Labute approximate surface area is 150 Å². The summed E-state index contributed by atoms with van der Waals surface area (Å²) in [6.45, 7) is 8.88. The third-order valence-corrected chi connectivity index (χ3v) is 4.85. The molecule has 0 N–H and O–H groups in total. The highest BCUT2D eigenvalue weighted by Gasteiger charge is 2.19. The van der Waals surface area contributed by atoms with Gasteiger partial charge >= 0.3 is 0 Å². The van der Waals surface area contributed by atoms with E-state index in [-0.39, 0.29) is 0 Å². The highest BCUT2D eigenvalue weighted by Crippen LogP contribution is 2.30. The molecule has 4 heteroatoms. The van der Waals surface area contributed by atoms with E-state index >= 15 is 0 Å². The Morgan fingerprint density at radius 2 is 1.80 bits per heavy atom. The molecule has 132 valence electrons. The van der Waals surface area contributed by atoms with E-state index in [0.29, 0.717) is 6.42 Å². The molecule has 1 aliphatic heterocycles. The lowest BCUT2D eigenvalue weighted by molar-refractivity contribution is 0.128. The number of ether oxygens (including phenoxy) is 1. The fourth-order valence-electron chi connectivity index (χ4n) is 3.43. The van der Waals surface area contributed by atoms with Crippen LogP contribution in [0, 0.1) is 11.3 Å². The van der Waals surface area contributed by atoms with Crippen molar-refractivity contribution in [1.29, 1.82) is 5.26 Å². The van der Waals surface area contributed by atoms with Crippen molar-refractivity contribution >= 4 is 10.8 Å². The minimum atomic E-state index is 0.623. The maximum absolute atomic E-state index is 8.74. The van der Waals surface area contributed by atoms with Crippen molar-refractivity contribution in [3.05, 3.63) is 42.0 Å². The van der Waals surface area contributed by atoms with Gasteiger partial charge in [-0.15, -0.1) is 0 Å². The summed E-state index contributed by atoms with van der Waals surface area (Å²) in [7, 11) is 0. The minimum absolute atomic E-state index is 0.623. The molecule has 0 aromatic heterocycles. The quantitative estimate of drug-likeness (QED) is 0.773. The summed E-state index contributed by atoms with van der Waals surface area (Å²) in [6, 6.07) is 15.1. The summed E-state index contributed by atoms with van der Waals surface area (Å²) in [5.74, 6) is 1.02. The van der Waals surface area contributed by atoms with Gasteiger partial charge in [0.15, 0.2) is 0 Å². The highest BCUT2D eigenvalue weighted by atomic mass is 16.5. The Hall–Kier alpha value is -2.09. The van der Waals surface area contributed by atoms with Crippen molar-refractivity contribution in [2.45, 2.75) is 26.3 Å². The van der Waals surface area contributed by atoms with Gasteiger partial charge in [0, 0.05) is 51.3 Å². The van der Waals surface area contributed by atoms with Crippen LogP contribution in [0.4, 0.5) is 0 Å². The molecule has 1 aliphatic rings. The maximum atomic E-state index is 8.74. The van der Waals surface area contributed by atoms with E-state index in [1.165, 1.54) is 16.3 Å². The lowest BCUT2D eigenvalue weighted by Crippen LogP contribution is -2.46. The van der Waals surface area contributed by atoms with Gasteiger partial charge in [0.25, 0.3) is 0 Å². The normalized spacial score (nSPS) is 16.0. The topological polar surface area (TPSA) is 39.5 Å². The van der Waals surface area contributed by atoms with Crippen LogP contribution in [0.15, 0.2) is 36.4 Å². The molecule has 25 heavy (non-hydrogen) atoms. The van der Waals surface area contributed by atoms with Gasteiger partial charge in [0.2, 0.25) is 0 Å². The molecule has 4 nitrogen and oxygen atoms in total. The van der Waals surface area contributed by atoms with Gasteiger partial charge in [-0.1, -0.05) is 37.3 Å². The molecule has 0 amide bonds. The van der Waals surface area contributed by atoms with Gasteiger partial charge in [-0.25, -0.2) is 0 Å². The average molecular weight is 337 g/mol. The molecule has 2 aromatic carbocycles. The number of hydrogen-bond donors (Lipinski definition) is 0. The van der Waals surface area contributed by atoms with Crippen LogP contribution >= 0.6 is 0 Å². The zero-order valence-electron chi connectivity index (χ0n) is 15.1. The van der Waals surface area contributed by atoms with E-state index in [1.807, 2.05) is 0 Å². The first kappa shape index (κ1) is 17.7. The summed E-state index contributed by atoms with van der Waals surface area (Å²) in [5.41, 5.74) is 1.30. The summed E-state index contributed by atoms with van der Waals surface area (Å²) in [5, 5.41) is 11.3. The number of rotatable bonds is 7. The smallest absolute Gasteiger partial charge is 0.124 e. The van der Waals surface area contributed by atoms with Crippen LogP contribution in [0.2, 0.25) is 0 Å². The Bertz CT molecular complexity index is 729. The van der Waals surface area contributed by atoms with Crippen LogP contribution < -0.4 is 4.74 Å². The zero-order chi connectivity index (χ0) is 17.5. The summed E-state index contributed by atoms with van der Waals surface area (Å²) in [6.07, 6.45) is 1.64. The van der Waals surface area contributed by atoms with Crippen LogP contribution in [-0.2, 0) is 6.54 Å². The predicted octanol–water partition coefficient (Wildman–Crippen LogP) is 3.66. The molecule has 0 radical (unpaired) electrons. The zero-order valence-corrected chi connectivity index (χ0v) is 15.1. The van der Waals surface area contributed by atoms with Gasteiger partial charge in [-0.3, -0.25) is 9.80 Å². The Kier molecular flexibility index (Phi) is 6.27. The second kappa shape index (κ2) is 8.84. The van der Waals surface area contributed by atoms with E-state index in [4.69, 9.17) is 10.00 Å². The van der Waals surface area contributed by atoms with Crippen molar-refractivity contribution in [2.24, 2.45) is 0 Å². The molecule has 1 saturated heterocycles. The summed E-state index contributed by atoms with van der Waals surface area (Å²) < 4.78 is 6.04. The molecular weight excluding hydrogens is 310 g/mol. The van der Waals surface area contributed by atoms with Gasteiger partial charge in [0.05, 0.1) is 12.7 Å². The second-order valence-corrected chi connectivity index (χ2v) is 6.64. The fourth-order valence-corrected chi connectivity index (χ4v) is 3.43. The maximum Gasteiger partial charge on any atom is 0.124 e. The van der Waals surface area contributed by atoms with Crippen LogP contribution in [0.3, 0.4) is 0 Å². The Morgan fingerprint density at radius 1 is 1.04 bits per heavy atom. The van der Waals surface area contributed by atoms with Crippen molar-refractivity contribution < 1.29 is 4.74 Å². The van der Waals surface area contributed by atoms with E-state index in [9.17, 15) is 0 Å². The van der Waals surface area contributed by atoms with Gasteiger partial charge in [0.1, 0.15) is 5.75 Å². The molecule has 2 aromatic rings. The number of nitrogens with zero attached hydrogens (tertiary/aromatic N) is 3. The summed E-state index contributed by atoms with van der Waals surface area (Å²) >= 11 is 0. The molecule has 0 aliphatic carbocycles. The predicted molar refractivity (Wildman–Crippen MR) is 102 cm³/mol. The minimum Gasteiger partial charge on any atom is -0.493 e. The van der Waals surface area contributed by atoms with Crippen LogP contribution in [0.5, 0.6) is 5.75 Å². The first-order valence-electron chi connectivity index (χ1n) is 9.27. The van der Waals surface area contributed by atoms with Crippen LogP contribution in [0.25, 0.3) is 10.8 Å². The molecule has 3 rings (SSSR count). The largest absolute Gasteiger partial charge is 0.493 e. The van der Waals surface area contributed by atoms with Crippen LogP contribution in [0.1, 0.15) is 25.3 Å². The molecule has 0 saturated carbocycles. The second-order valence-electron chi connectivity index (χ2n) is 6.64. The highest BCUT2D eigenvalue weighted by molar-refractivity contribution is 5.87. The SMILES string of the molecule is CCCOc1ccc2ccccc2c1CN1CCN(CCC#N)CC1. The lowest BCUT2D eigenvalue weighted by Gasteiger charge is -2.34. The molecule has 0 unspecified atom stereocenters. The van der Waals surface area contributed by atoms with Crippen molar-refractivity contribution in [3.63, 3.8) is 0 Å². The number of piperazine rings is 1. The van der Waals surface area contributed by atoms with Crippen molar-refractivity contribution in [3.8, 4) is 11.8 Å². The van der Waals surface area contributed by atoms with E-state index in [0.717, 1.165) is 58.0 Å². The van der Waals surface area contributed by atoms with E-state index in [1.54, 1.807) is 0 Å². The number of hydrogen-bond acceptors (Lipinski definition) is 4. The third-order valence-electron chi connectivity index (χ3n) is 4.85. The summed E-state index contributed by atoms with van der Waals surface area (Å²) in [4.78, 5) is 4.89. The number of nitriles is 1. The lowest BCUT2D eigenvalue weighted by atomic mass is 10.0. The number of benzene rings is 2. The first-order chi connectivity index (χ1) is 12.3. The van der Waals surface area contributed by atoms with Gasteiger partial charge < -0.3 is 4.74 Å². The molecule has 0 atom stereocenters. The van der Waals surface area contributed by atoms with Crippen LogP contribution in [-0.4, -0.2) is 49.1 Å². The van der Waals surface area contributed by atoms with E-state index in [2.05, 4.69) is 59.2 Å². The number of fused-ring (bicyclic) bond motifs is 1. The standard InChI is InChI=1S/C21H27N3O/c1-2-16-25-21-9-8-18-6-3-4-7-19(18)20(21)17-24-14-12-23(13-15-24)11-5-10-22/h3-4,6-9H,2,5,11-17H2,1H3. The van der Waals surface area contributed by atoms with Gasteiger partial charge in [-0.05, 0) is 23.3 Å². The first-order valence-corrected chi connectivity index (χ1v) is 9.27. The third kappa shape index (κ3) is 4.50. The fraction of sp³-hybridized carbons (Fsp3) is 0.476. The molecule has 1 heterocycles. The van der Waals surface area contributed by atoms with Crippen molar-refractivity contribution in [1.82, 2.24) is 9.80 Å². The molecule has 0 spiro atoms. The monoisotopic (exact) mass is 337 g/mol. The van der Waals surface area contributed by atoms with Gasteiger partial charge in [-0.2, -0.15) is 5.26 Å². The average Bonchev–Trinajstić information content (AvgIpc) is 2.66. The Morgan fingerprint density at radius 3 is 2.56 bits per heavy atom. The Balaban J connectivity index is 1.75. The molecular formula is C21H27N3O. The van der Waals surface area contributed by atoms with Crippen molar-refractivity contribution in [2.75, 3.05) is 39.3 Å². The van der Waals surface area contributed by atoms with E-state index < -0.39 is 0 Å². The molecule has 1 fully saturated rings.